The van der Waals surface area contributed by atoms with Crippen LogP contribution in [0, 0.1) is 5.92 Å². The SMILES string of the molecule is CCCNc1cncc(NC(C)C2CCCC2)n1. The van der Waals surface area contributed by atoms with Crippen LogP contribution in [0.25, 0.3) is 0 Å². The number of rotatable bonds is 6. The van der Waals surface area contributed by atoms with Gasteiger partial charge >= 0.3 is 0 Å². The Hall–Kier alpha value is -1.32. The molecule has 4 heteroatoms. The van der Waals surface area contributed by atoms with Gasteiger partial charge in [-0.3, -0.25) is 4.98 Å². The zero-order valence-electron chi connectivity index (χ0n) is 11.4. The van der Waals surface area contributed by atoms with E-state index in [4.69, 9.17) is 0 Å². The Bertz CT molecular complexity index is 361. The number of nitrogens with one attached hydrogen (secondary N) is 2. The molecule has 18 heavy (non-hydrogen) atoms. The summed E-state index contributed by atoms with van der Waals surface area (Å²) in [4.78, 5) is 8.77. The summed E-state index contributed by atoms with van der Waals surface area (Å²) in [7, 11) is 0. The summed E-state index contributed by atoms with van der Waals surface area (Å²) in [5.74, 6) is 2.54. The van der Waals surface area contributed by atoms with E-state index in [1.807, 2.05) is 6.20 Å². The molecule has 0 bridgehead atoms. The van der Waals surface area contributed by atoms with Crippen LogP contribution in [0.2, 0.25) is 0 Å². The molecule has 4 nitrogen and oxygen atoms in total. The second-order valence-corrected chi connectivity index (χ2v) is 5.19. The Labute approximate surface area is 110 Å². The van der Waals surface area contributed by atoms with Gasteiger partial charge in [-0.1, -0.05) is 19.8 Å². The zero-order valence-corrected chi connectivity index (χ0v) is 11.4. The highest BCUT2D eigenvalue weighted by atomic mass is 15.1. The van der Waals surface area contributed by atoms with Crippen molar-refractivity contribution in [2.24, 2.45) is 5.92 Å². The van der Waals surface area contributed by atoms with Gasteiger partial charge in [-0.25, -0.2) is 4.98 Å². The van der Waals surface area contributed by atoms with E-state index in [9.17, 15) is 0 Å². The lowest BCUT2D eigenvalue weighted by atomic mass is 10.00. The molecule has 1 atom stereocenters. The van der Waals surface area contributed by atoms with Crippen molar-refractivity contribution in [3.63, 3.8) is 0 Å². The fraction of sp³-hybridized carbons (Fsp3) is 0.714. The third-order valence-electron chi connectivity index (χ3n) is 3.67. The molecule has 2 N–H and O–H groups in total. The highest BCUT2D eigenvalue weighted by Gasteiger charge is 2.21. The van der Waals surface area contributed by atoms with E-state index in [1.165, 1.54) is 25.7 Å². The molecular formula is C14H24N4. The molecule has 1 fully saturated rings. The molecule has 0 aliphatic heterocycles. The van der Waals surface area contributed by atoms with E-state index in [-0.39, 0.29) is 0 Å². The number of nitrogens with zero attached hydrogens (tertiary/aromatic N) is 2. The first-order chi connectivity index (χ1) is 8.79. The number of anilines is 2. The predicted molar refractivity (Wildman–Crippen MR) is 75.9 cm³/mol. The first kappa shape index (κ1) is 13.1. The maximum absolute atomic E-state index is 4.54. The Kier molecular flexibility index (Phi) is 4.79. The standard InChI is InChI=1S/C14H24N4/c1-3-8-16-13-9-15-10-14(18-13)17-11(2)12-6-4-5-7-12/h9-12H,3-8H2,1-2H3,(H2,16,17,18). The Morgan fingerprint density at radius 2 is 2.00 bits per heavy atom. The van der Waals surface area contributed by atoms with Crippen LogP contribution in [0.3, 0.4) is 0 Å². The average molecular weight is 248 g/mol. The van der Waals surface area contributed by atoms with Crippen LogP contribution in [0.1, 0.15) is 46.0 Å². The lowest BCUT2D eigenvalue weighted by Gasteiger charge is -2.20. The van der Waals surface area contributed by atoms with Crippen molar-refractivity contribution in [2.75, 3.05) is 17.2 Å². The molecule has 0 saturated heterocycles. The molecule has 1 aromatic rings. The fourth-order valence-corrected chi connectivity index (χ4v) is 2.58. The molecule has 0 spiro atoms. The van der Waals surface area contributed by atoms with Gasteiger partial charge in [0.05, 0.1) is 12.4 Å². The van der Waals surface area contributed by atoms with Crippen molar-refractivity contribution in [3.05, 3.63) is 12.4 Å². The molecule has 1 aliphatic rings. The van der Waals surface area contributed by atoms with E-state index in [1.54, 1.807) is 6.20 Å². The Morgan fingerprint density at radius 1 is 1.28 bits per heavy atom. The van der Waals surface area contributed by atoms with Crippen molar-refractivity contribution in [3.8, 4) is 0 Å². The number of hydrogen-bond acceptors (Lipinski definition) is 4. The molecule has 1 aromatic heterocycles. The van der Waals surface area contributed by atoms with Gasteiger partial charge in [0.15, 0.2) is 0 Å². The van der Waals surface area contributed by atoms with E-state index >= 15 is 0 Å². The van der Waals surface area contributed by atoms with Crippen LogP contribution in [0.4, 0.5) is 11.6 Å². The van der Waals surface area contributed by atoms with Crippen LogP contribution in [0.15, 0.2) is 12.4 Å². The first-order valence-corrected chi connectivity index (χ1v) is 7.12. The van der Waals surface area contributed by atoms with Crippen molar-refractivity contribution >= 4 is 11.6 Å². The number of hydrogen-bond donors (Lipinski definition) is 2. The normalized spacial score (nSPS) is 17.7. The molecule has 1 unspecified atom stereocenters. The van der Waals surface area contributed by atoms with Crippen molar-refractivity contribution in [1.29, 1.82) is 0 Å². The topological polar surface area (TPSA) is 49.8 Å². The van der Waals surface area contributed by atoms with Gasteiger partial charge < -0.3 is 10.6 Å². The summed E-state index contributed by atoms with van der Waals surface area (Å²) in [5, 5.41) is 6.75. The van der Waals surface area contributed by atoms with Crippen LogP contribution in [-0.4, -0.2) is 22.6 Å². The summed E-state index contributed by atoms with van der Waals surface area (Å²) < 4.78 is 0. The number of aromatic nitrogens is 2. The minimum atomic E-state index is 0.489. The molecule has 0 aromatic carbocycles. The summed E-state index contributed by atoms with van der Waals surface area (Å²) >= 11 is 0. The van der Waals surface area contributed by atoms with Crippen molar-refractivity contribution in [2.45, 2.75) is 52.0 Å². The Balaban J connectivity index is 1.91. The highest BCUT2D eigenvalue weighted by Crippen LogP contribution is 2.28. The van der Waals surface area contributed by atoms with Gasteiger partial charge in [0.1, 0.15) is 11.6 Å². The van der Waals surface area contributed by atoms with Crippen molar-refractivity contribution in [1.82, 2.24) is 9.97 Å². The minimum absolute atomic E-state index is 0.489. The third kappa shape index (κ3) is 3.59. The monoisotopic (exact) mass is 248 g/mol. The molecule has 0 radical (unpaired) electrons. The lowest BCUT2D eigenvalue weighted by Crippen LogP contribution is -2.24. The van der Waals surface area contributed by atoms with Crippen LogP contribution in [0.5, 0.6) is 0 Å². The van der Waals surface area contributed by atoms with Gasteiger partial charge in [-0.15, -0.1) is 0 Å². The maximum Gasteiger partial charge on any atom is 0.147 e. The molecular weight excluding hydrogens is 224 g/mol. The van der Waals surface area contributed by atoms with Gasteiger partial charge in [0, 0.05) is 12.6 Å². The molecule has 1 aliphatic carbocycles. The summed E-state index contributed by atoms with van der Waals surface area (Å²) in [6.07, 6.45) is 10.1. The van der Waals surface area contributed by atoms with E-state index in [2.05, 4.69) is 34.4 Å². The van der Waals surface area contributed by atoms with Gasteiger partial charge in [-0.05, 0) is 32.1 Å². The van der Waals surface area contributed by atoms with Crippen LogP contribution >= 0.6 is 0 Å². The zero-order chi connectivity index (χ0) is 12.8. The van der Waals surface area contributed by atoms with Gasteiger partial charge in [0.2, 0.25) is 0 Å². The highest BCUT2D eigenvalue weighted by molar-refractivity contribution is 5.42. The minimum Gasteiger partial charge on any atom is -0.369 e. The molecule has 1 saturated carbocycles. The quantitative estimate of drug-likeness (QED) is 0.811. The smallest absolute Gasteiger partial charge is 0.147 e. The molecule has 0 amide bonds. The van der Waals surface area contributed by atoms with Crippen LogP contribution in [-0.2, 0) is 0 Å². The van der Waals surface area contributed by atoms with Gasteiger partial charge in [-0.2, -0.15) is 0 Å². The van der Waals surface area contributed by atoms with E-state index in [0.29, 0.717) is 6.04 Å². The molecule has 1 heterocycles. The fourth-order valence-electron chi connectivity index (χ4n) is 2.58. The Morgan fingerprint density at radius 3 is 2.72 bits per heavy atom. The summed E-state index contributed by atoms with van der Waals surface area (Å²) in [6, 6.07) is 0.489. The average Bonchev–Trinajstić information content (AvgIpc) is 2.91. The third-order valence-corrected chi connectivity index (χ3v) is 3.67. The second-order valence-electron chi connectivity index (χ2n) is 5.19. The predicted octanol–water partition coefficient (Wildman–Crippen LogP) is 3.29. The molecule has 2 rings (SSSR count). The lowest BCUT2D eigenvalue weighted by molar-refractivity contribution is 0.481. The first-order valence-electron chi connectivity index (χ1n) is 7.12. The maximum atomic E-state index is 4.54. The molecule has 100 valence electrons. The van der Waals surface area contributed by atoms with Gasteiger partial charge in [0.25, 0.3) is 0 Å². The second kappa shape index (κ2) is 6.57. The summed E-state index contributed by atoms with van der Waals surface area (Å²) in [5.41, 5.74) is 0. The van der Waals surface area contributed by atoms with E-state index in [0.717, 1.165) is 30.5 Å². The largest absolute Gasteiger partial charge is 0.369 e. The summed E-state index contributed by atoms with van der Waals surface area (Å²) in [6.45, 7) is 5.34. The van der Waals surface area contributed by atoms with Crippen molar-refractivity contribution < 1.29 is 0 Å². The van der Waals surface area contributed by atoms with E-state index < -0.39 is 0 Å². The van der Waals surface area contributed by atoms with Crippen LogP contribution < -0.4 is 10.6 Å².